The first-order valence-electron chi connectivity index (χ1n) is 5.43. The Bertz CT molecular complexity index is 178. The number of nitrogens with zero attached hydrogens (tertiary/aromatic N) is 1. The summed E-state index contributed by atoms with van der Waals surface area (Å²) in [7, 11) is 0. The monoisotopic (exact) mass is 259 g/mol. The number of hydrogen-bond acceptors (Lipinski definition) is 3. The van der Waals surface area contributed by atoms with Crippen molar-refractivity contribution in [2.24, 2.45) is 5.92 Å². The van der Waals surface area contributed by atoms with E-state index in [9.17, 15) is 13.2 Å². The van der Waals surface area contributed by atoms with Gasteiger partial charge >= 0.3 is 6.18 Å². The molecule has 16 heavy (non-hydrogen) atoms. The second kappa shape index (κ2) is 8.20. The summed E-state index contributed by atoms with van der Waals surface area (Å²) in [6.45, 7) is 1.20. The van der Waals surface area contributed by atoms with Gasteiger partial charge in [0.2, 0.25) is 0 Å². The fourth-order valence-electron chi connectivity index (χ4n) is 1.64. The average molecular weight is 259 g/mol. The second-order valence-electron chi connectivity index (χ2n) is 3.91. The maximum atomic E-state index is 12.2. The van der Waals surface area contributed by atoms with E-state index in [2.05, 4.69) is 12.6 Å². The topological polar surface area (TPSA) is 23.5 Å². The normalized spacial score (nSPS) is 14.4. The molecule has 0 aliphatic carbocycles. The van der Waals surface area contributed by atoms with Gasteiger partial charge in [0.1, 0.15) is 0 Å². The van der Waals surface area contributed by atoms with Crippen molar-refractivity contribution in [3.8, 4) is 0 Å². The van der Waals surface area contributed by atoms with Crippen molar-refractivity contribution in [1.29, 1.82) is 0 Å². The maximum absolute atomic E-state index is 12.2. The van der Waals surface area contributed by atoms with Crippen molar-refractivity contribution in [2.45, 2.75) is 25.9 Å². The lowest BCUT2D eigenvalue weighted by atomic mass is 10.1. The van der Waals surface area contributed by atoms with Gasteiger partial charge in [-0.25, -0.2) is 0 Å². The predicted molar refractivity (Wildman–Crippen MR) is 61.8 cm³/mol. The Labute approximate surface area is 100 Å². The van der Waals surface area contributed by atoms with Crippen LogP contribution in [-0.2, 0) is 0 Å². The summed E-state index contributed by atoms with van der Waals surface area (Å²) in [6.07, 6.45) is -2.41. The van der Waals surface area contributed by atoms with E-state index < -0.39 is 12.7 Å². The number of aliphatic hydroxyl groups is 1. The van der Waals surface area contributed by atoms with Gasteiger partial charge in [0.15, 0.2) is 0 Å². The molecular weight excluding hydrogens is 239 g/mol. The first-order chi connectivity index (χ1) is 7.42. The molecule has 0 saturated heterocycles. The molecule has 6 heteroatoms. The fourth-order valence-corrected chi connectivity index (χ4v) is 1.94. The molecular formula is C10H20F3NOS. The van der Waals surface area contributed by atoms with Gasteiger partial charge in [0, 0.05) is 13.1 Å². The second-order valence-corrected chi connectivity index (χ2v) is 4.28. The van der Waals surface area contributed by atoms with Gasteiger partial charge in [-0.1, -0.05) is 13.3 Å². The molecule has 1 atom stereocenters. The van der Waals surface area contributed by atoms with Crippen LogP contribution in [0.2, 0.25) is 0 Å². The highest BCUT2D eigenvalue weighted by molar-refractivity contribution is 7.80. The summed E-state index contributed by atoms with van der Waals surface area (Å²) >= 11 is 4.13. The molecule has 0 rings (SSSR count). The number of hydrogen-bond donors (Lipinski definition) is 2. The molecule has 98 valence electrons. The lowest BCUT2D eigenvalue weighted by Gasteiger charge is -2.26. The zero-order chi connectivity index (χ0) is 12.6. The van der Waals surface area contributed by atoms with E-state index >= 15 is 0 Å². The van der Waals surface area contributed by atoms with Gasteiger partial charge < -0.3 is 5.11 Å². The Morgan fingerprint density at radius 3 is 2.38 bits per heavy atom. The van der Waals surface area contributed by atoms with E-state index in [-0.39, 0.29) is 19.1 Å². The van der Waals surface area contributed by atoms with Crippen LogP contribution in [0.5, 0.6) is 0 Å². The molecule has 0 saturated carbocycles. The molecule has 0 heterocycles. The number of rotatable bonds is 8. The molecule has 0 bridgehead atoms. The highest BCUT2D eigenvalue weighted by atomic mass is 32.1. The number of aliphatic hydroxyl groups excluding tert-OH is 1. The van der Waals surface area contributed by atoms with Crippen molar-refractivity contribution >= 4 is 12.6 Å². The molecule has 0 radical (unpaired) electrons. The van der Waals surface area contributed by atoms with E-state index in [0.717, 1.165) is 12.8 Å². The number of thiol groups is 1. The summed E-state index contributed by atoms with van der Waals surface area (Å²) < 4.78 is 36.7. The van der Waals surface area contributed by atoms with Crippen molar-refractivity contribution in [3.63, 3.8) is 0 Å². The van der Waals surface area contributed by atoms with Crippen LogP contribution in [0.15, 0.2) is 0 Å². The molecule has 0 amide bonds. The zero-order valence-corrected chi connectivity index (χ0v) is 10.4. The quantitative estimate of drug-likeness (QED) is 0.653. The zero-order valence-electron chi connectivity index (χ0n) is 9.50. The lowest BCUT2D eigenvalue weighted by Crippen LogP contribution is -2.39. The molecule has 0 spiro atoms. The Hall–Kier alpha value is 0.0600. The smallest absolute Gasteiger partial charge is 0.395 e. The summed E-state index contributed by atoms with van der Waals surface area (Å²) in [5.41, 5.74) is 0. The fraction of sp³-hybridized carbons (Fsp3) is 1.00. The molecule has 0 aromatic rings. The van der Waals surface area contributed by atoms with E-state index in [1.165, 1.54) is 4.90 Å². The van der Waals surface area contributed by atoms with Crippen LogP contribution in [0, 0.1) is 5.92 Å². The summed E-state index contributed by atoms with van der Waals surface area (Å²) in [5, 5.41) is 8.72. The number of alkyl halides is 3. The van der Waals surface area contributed by atoms with Crippen LogP contribution in [0.25, 0.3) is 0 Å². The van der Waals surface area contributed by atoms with E-state index in [1.54, 1.807) is 0 Å². The first kappa shape index (κ1) is 16.1. The van der Waals surface area contributed by atoms with Gasteiger partial charge in [0.25, 0.3) is 0 Å². The van der Waals surface area contributed by atoms with Crippen LogP contribution < -0.4 is 0 Å². The van der Waals surface area contributed by atoms with Crippen LogP contribution in [0.4, 0.5) is 13.2 Å². The Morgan fingerprint density at radius 1 is 1.38 bits per heavy atom. The van der Waals surface area contributed by atoms with Gasteiger partial charge in [0.05, 0.1) is 13.2 Å². The van der Waals surface area contributed by atoms with Gasteiger partial charge in [-0.3, -0.25) is 4.90 Å². The minimum atomic E-state index is -4.21. The third kappa shape index (κ3) is 8.24. The number of halogens is 3. The molecule has 0 aromatic carbocycles. The van der Waals surface area contributed by atoms with Gasteiger partial charge in [-0.05, 0) is 18.1 Å². The first-order valence-corrected chi connectivity index (χ1v) is 6.07. The van der Waals surface area contributed by atoms with Crippen molar-refractivity contribution < 1.29 is 18.3 Å². The van der Waals surface area contributed by atoms with Gasteiger partial charge in [-0.2, -0.15) is 25.8 Å². The molecule has 1 N–H and O–H groups in total. The Kier molecular flexibility index (Phi) is 8.23. The third-order valence-corrected chi connectivity index (χ3v) is 2.81. The highest BCUT2D eigenvalue weighted by Gasteiger charge is 2.31. The van der Waals surface area contributed by atoms with Crippen LogP contribution in [0.1, 0.15) is 19.8 Å². The summed E-state index contributed by atoms with van der Waals surface area (Å²) in [6, 6.07) is 0. The highest BCUT2D eigenvalue weighted by Crippen LogP contribution is 2.18. The van der Waals surface area contributed by atoms with E-state index in [4.69, 9.17) is 5.11 Å². The van der Waals surface area contributed by atoms with Crippen LogP contribution >= 0.6 is 12.6 Å². The minimum Gasteiger partial charge on any atom is -0.395 e. The van der Waals surface area contributed by atoms with E-state index in [0.29, 0.717) is 12.3 Å². The Balaban J connectivity index is 4.19. The molecule has 0 aliphatic heterocycles. The predicted octanol–water partition coefficient (Wildman–Crippen LogP) is 2.19. The lowest BCUT2D eigenvalue weighted by molar-refractivity contribution is -0.147. The average Bonchev–Trinajstić information content (AvgIpc) is 2.15. The van der Waals surface area contributed by atoms with Crippen LogP contribution in [0.3, 0.4) is 0 Å². The third-order valence-electron chi connectivity index (χ3n) is 2.29. The molecule has 0 fully saturated rings. The van der Waals surface area contributed by atoms with Crippen molar-refractivity contribution in [2.75, 3.05) is 32.0 Å². The standard InChI is InChI=1S/C10H20F3NOS/c1-2-3-9(7-16)6-14(4-5-15)8-10(11,12)13/h9,15-16H,2-8H2,1H3. The van der Waals surface area contributed by atoms with Crippen molar-refractivity contribution in [3.05, 3.63) is 0 Å². The SMILES string of the molecule is CCCC(CS)CN(CCO)CC(F)(F)F. The molecule has 0 aliphatic rings. The van der Waals surface area contributed by atoms with Crippen LogP contribution in [-0.4, -0.2) is 48.2 Å². The summed E-state index contributed by atoms with van der Waals surface area (Å²) in [5.74, 6) is 0.732. The summed E-state index contributed by atoms with van der Waals surface area (Å²) in [4.78, 5) is 1.25. The molecule has 0 aromatic heterocycles. The molecule has 1 unspecified atom stereocenters. The van der Waals surface area contributed by atoms with E-state index in [1.807, 2.05) is 6.92 Å². The Morgan fingerprint density at radius 2 is 2.00 bits per heavy atom. The largest absolute Gasteiger partial charge is 0.401 e. The minimum absolute atomic E-state index is 0.0630. The van der Waals surface area contributed by atoms with Gasteiger partial charge in [-0.15, -0.1) is 0 Å². The van der Waals surface area contributed by atoms with Crippen molar-refractivity contribution in [1.82, 2.24) is 4.90 Å². The maximum Gasteiger partial charge on any atom is 0.401 e. The molecule has 2 nitrogen and oxygen atoms in total.